The van der Waals surface area contributed by atoms with Gasteiger partial charge in [-0.1, -0.05) is 196 Å². The Morgan fingerprint density at radius 1 is 0.537 bits per heavy atom. The van der Waals surface area contributed by atoms with Gasteiger partial charge in [-0.2, -0.15) is 0 Å². The molecule has 2 heterocycles. The SMILES string of the molecule is C=C1C=Cc2c(N(c3ccc4c5c6cccc7c8ccc9c%10c(ccc(c(cc5n(CCCCCC)c4c3)c76)c%108)C(=O)OC9=O)c3ccc4ccc5cc(C(C)(C)C)cc6ccc3c4c56)ccc3c2CC(=CC(C(C)(C)C)=C1)C=C3. The first-order valence-electron chi connectivity index (χ1n) is 28.7. The molecule has 5 heteroatoms. The number of nitrogens with zero attached hydrogens (tertiary/aromatic N) is 2. The van der Waals surface area contributed by atoms with Crippen LogP contribution in [0.1, 0.15) is 117 Å². The zero-order chi connectivity index (χ0) is 54.7. The van der Waals surface area contributed by atoms with E-state index in [0.717, 1.165) is 81.8 Å². The van der Waals surface area contributed by atoms with E-state index in [9.17, 15) is 9.59 Å². The molecule has 0 radical (unpaired) electrons. The van der Waals surface area contributed by atoms with Crippen molar-refractivity contribution in [1.29, 1.82) is 0 Å². The number of hydrogen-bond acceptors (Lipinski definition) is 4. The van der Waals surface area contributed by atoms with Gasteiger partial charge in [0.25, 0.3) is 0 Å². The number of carbonyl (C=O) groups excluding carboxylic acids is 2. The molecule has 80 heavy (non-hydrogen) atoms. The highest BCUT2D eigenvalue weighted by Crippen LogP contribution is 2.51. The highest BCUT2D eigenvalue weighted by molar-refractivity contribution is 6.41. The second-order valence-corrected chi connectivity index (χ2v) is 25.0. The molecule has 1 aromatic heterocycles. The molecule has 0 saturated heterocycles. The molecule has 0 atom stereocenters. The van der Waals surface area contributed by atoms with E-state index in [-0.39, 0.29) is 10.8 Å². The quantitative estimate of drug-likeness (QED) is 0.0500. The molecule has 15 rings (SSSR count). The number of allylic oxidation sites excluding steroid dienone is 7. The molecular weight excluding hydrogens is 977 g/mol. The summed E-state index contributed by atoms with van der Waals surface area (Å²) in [5, 5.41) is 18.3. The Morgan fingerprint density at radius 2 is 1.23 bits per heavy atom. The molecule has 12 aromatic rings. The van der Waals surface area contributed by atoms with Gasteiger partial charge in [-0.15, -0.1) is 0 Å². The number of aryl methyl sites for hydroxylation is 1. The standard InChI is InChI=1S/C75H62N2O3/c1-9-10-11-12-34-76-64-40-50(24-27-56(64)69-57-15-13-14-52-53-28-30-58-71-59(73(79)80-72(58)78)31-29-54(70(53)71)61(68(52)57)41-65(69)76)77(62-32-22-44-18-17-43-36-48(74(3,4)5)35-42(2)16-25-51(62)60(44)37-43)63-33-23-45-19-20-46-38-49(75(6,7)8)39-47-21-26-55(63)67(45)66(46)47/h13-33,35-36,38-41H,2,9-12,34,37H2,1,3-8H3. The van der Waals surface area contributed by atoms with Crippen LogP contribution >= 0.6 is 0 Å². The van der Waals surface area contributed by atoms with Crippen LogP contribution in [-0.2, 0) is 23.1 Å². The summed E-state index contributed by atoms with van der Waals surface area (Å²) in [6.45, 7) is 21.5. The van der Waals surface area contributed by atoms with Gasteiger partial charge in [0.15, 0.2) is 0 Å². The van der Waals surface area contributed by atoms with E-state index < -0.39 is 11.9 Å². The first-order chi connectivity index (χ1) is 38.6. The maximum Gasteiger partial charge on any atom is 0.346 e. The molecule has 0 N–H and O–H groups in total. The number of fused-ring (bicyclic) bond motifs is 7. The molecule has 2 bridgehead atoms. The van der Waals surface area contributed by atoms with Crippen LogP contribution in [0, 0.1) is 5.41 Å². The van der Waals surface area contributed by atoms with Gasteiger partial charge in [0.1, 0.15) is 0 Å². The summed E-state index contributed by atoms with van der Waals surface area (Å²) in [4.78, 5) is 29.2. The largest absolute Gasteiger partial charge is 0.386 e. The lowest BCUT2D eigenvalue weighted by molar-refractivity contribution is 0.0391. The predicted molar refractivity (Wildman–Crippen MR) is 338 cm³/mol. The van der Waals surface area contributed by atoms with Crippen LogP contribution in [-0.4, -0.2) is 16.5 Å². The van der Waals surface area contributed by atoms with Gasteiger partial charge in [-0.25, -0.2) is 9.59 Å². The van der Waals surface area contributed by atoms with Crippen molar-refractivity contribution in [3.8, 4) is 0 Å². The van der Waals surface area contributed by atoms with Gasteiger partial charge in [0, 0.05) is 39.3 Å². The third-order valence-corrected chi connectivity index (χ3v) is 18.0. The van der Waals surface area contributed by atoms with E-state index in [1.807, 2.05) is 18.2 Å². The van der Waals surface area contributed by atoms with Gasteiger partial charge >= 0.3 is 11.9 Å². The molecular formula is C75H62N2O3. The van der Waals surface area contributed by atoms with Crippen molar-refractivity contribution in [2.45, 2.75) is 92.5 Å². The van der Waals surface area contributed by atoms with Gasteiger partial charge in [0.05, 0.1) is 33.5 Å². The van der Waals surface area contributed by atoms with E-state index in [1.54, 1.807) is 0 Å². The molecule has 3 aliphatic rings. The zero-order valence-electron chi connectivity index (χ0n) is 46.7. The number of ether oxygens (including phenoxy) is 1. The Balaban J connectivity index is 1.03. The molecule has 0 amide bonds. The van der Waals surface area contributed by atoms with Crippen LogP contribution in [0.25, 0.3) is 109 Å². The Labute approximate surface area is 466 Å². The summed E-state index contributed by atoms with van der Waals surface area (Å²) in [6.07, 6.45) is 19.1. The normalized spacial score (nSPS) is 14.9. The number of carbonyl (C=O) groups is 2. The monoisotopic (exact) mass is 1040 g/mol. The number of cyclic esters (lactones) is 2. The van der Waals surface area contributed by atoms with Gasteiger partial charge in [0.2, 0.25) is 0 Å². The third-order valence-electron chi connectivity index (χ3n) is 18.0. The summed E-state index contributed by atoms with van der Waals surface area (Å²) in [5.41, 5.74) is 15.1. The van der Waals surface area contributed by atoms with Crippen molar-refractivity contribution >= 4 is 138 Å². The van der Waals surface area contributed by atoms with Crippen molar-refractivity contribution in [2.75, 3.05) is 4.90 Å². The van der Waals surface area contributed by atoms with Crippen LogP contribution in [0.3, 0.4) is 0 Å². The summed E-state index contributed by atoms with van der Waals surface area (Å²) in [5.74, 6) is -1.19. The minimum atomic E-state index is -0.595. The molecule has 5 nitrogen and oxygen atoms in total. The fourth-order valence-corrected chi connectivity index (χ4v) is 14.0. The summed E-state index contributed by atoms with van der Waals surface area (Å²) in [6, 6.07) is 47.6. The van der Waals surface area contributed by atoms with Crippen LogP contribution in [0.2, 0.25) is 0 Å². The summed E-state index contributed by atoms with van der Waals surface area (Å²) >= 11 is 0. The Morgan fingerprint density at radius 3 is 1.99 bits per heavy atom. The lowest BCUT2D eigenvalue weighted by Gasteiger charge is -2.31. The fraction of sp³-hybridized carbons (Fsp3) is 0.200. The molecule has 2 aliphatic carbocycles. The number of unbranched alkanes of at least 4 members (excludes halogenated alkanes) is 3. The molecule has 11 aromatic carbocycles. The number of benzene rings is 11. The van der Waals surface area contributed by atoms with Gasteiger partial charge in [-0.3, -0.25) is 0 Å². The van der Waals surface area contributed by atoms with Crippen LogP contribution in [0.5, 0.6) is 0 Å². The van der Waals surface area contributed by atoms with Crippen LogP contribution in [0.15, 0.2) is 175 Å². The highest BCUT2D eigenvalue weighted by Gasteiger charge is 2.32. The van der Waals surface area contributed by atoms with Crippen LogP contribution in [0.4, 0.5) is 17.1 Å². The molecule has 1 aliphatic heterocycles. The third kappa shape index (κ3) is 7.15. The lowest BCUT2D eigenvalue weighted by atomic mass is 9.81. The smallest absolute Gasteiger partial charge is 0.346 e. The Hall–Kier alpha value is -8.80. The minimum absolute atomic E-state index is 0.00448. The molecule has 0 fully saturated rings. The molecule has 0 unspecified atom stereocenters. The molecule has 0 spiro atoms. The molecule has 0 saturated carbocycles. The Bertz CT molecular complexity index is 4840. The van der Waals surface area contributed by atoms with E-state index >= 15 is 0 Å². The van der Waals surface area contributed by atoms with Crippen LogP contribution < -0.4 is 4.90 Å². The van der Waals surface area contributed by atoms with E-state index in [2.05, 4.69) is 210 Å². The topological polar surface area (TPSA) is 51.5 Å². The highest BCUT2D eigenvalue weighted by atomic mass is 16.6. The number of anilines is 3. The second-order valence-electron chi connectivity index (χ2n) is 25.0. The first-order valence-corrected chi connectivity index (χ1v) is 28.7. The second kappa shape index (κ2) is 17.3. The van der Waals surface area contributed by atoms with E-state index in [4.69, 9.17) is 4.74 Å². The number of rotatable bonds is 8. The number of aromatic nitrogens is 1. The zero-order valence-corrected chi connectivity index (χ0v) is 46.7. The maximum atomic E-state index is 13.3. The lowest BCUT2D eigenvalue weighted by Crippen LogP contribution is -2.19. The fourth-order valence-electron chi connectivity index (χ4n) is 14.0. The van der Waals surface area contributed by atoms with Gasteiger partial charge in [-0.05, 0) is 164 Å². The number of esters is 2. The van der Waals surface area contributed by atoms with Crippen molar-refractivity contribution in [2.24, 2.45) is 5.41 Å². The van der Waals surface area contributed by atoms with Crippen molar-refractivity contribution in [1.82, 2.24) is 4.57 Å². The minimum Gasteiger partial charge on any atom is -0.386 e. The number of hydrogen-bond donors (Lipinski definition) is 0. The molecule has 390 valence electrons. The maximum absolute atomic E-state index is 13.3. The predicted octanol–water partition coefficient (Wildman–Crippen LogP) is 20.5. The van der Waals surface area contributed by atoms with E-state index in [0.29, 0.717) is 16.5 Å². The average Bonchev–Trinajstić information content (AvgIpc) is 2.57. The van der Waals surface area contributed by atoms with Gasteiger partial charge < -0.3 is 14.2 Å². The van der Waals surface area contributed by atoms with E-state index in [1.165, 1.54) is 105 Å². The first kappa shape index (κ1) is 48.3. The van der Waals surface area contributed by atoms with Crippen molar-refractivity contribution in [3.63, 3.8) is 0 Å². The summed E-state index contributed by atoms with van der Waals surface area (Å²) in [7, 11) is 0. The average molecular weight is 1040 g/mol. The van der Waals surface area contributed by atoms with Crippen molar-refractivity contribution in [3.05, 3.63) is 208 Å². The van der Waals surface area contributed by atoms with Crippen molar-refractivity contribution < 1.29 is 14.3 Å². The summed E-state index contributed by atoms with van der Waals surface area (Å²) < 4.78 is 7.84. The Kier molecular flexibility index (Phi) is 10.5.